The Labute approximate surface area is 251 Å². The Morgan fingerprint density at radius 2 is 1.98 bits per heavy atom. The van der Waals surface area contributed by atoms with Gasteiger partial charge in [-0.3, -0.25) is 23.2 Å². The first kappa shape index (κ1) is 34.4. The van der Waals surface area contributed by atoms with Gasteiger partial charge in [0.2, 0.25) is 5.95 Å². The Bertz CT molecular complexity index is 1340. The van der Waals surface area contributed by atoms with Crippen molar-refractivity contribution < 1.29 is 42.2 Å². The minimum Gasteiger partial charge on any atom is -0.462 e. The standard InChI is InChI=1S/C23H36ClFN7O8PS/c1-11(2)39-18(34)12(3)31-41(36,37-7-8-42-20(35)22(4,5)6)38-9-13-15(33)23(24,25)19(40-13)32-10-28-14-16(26)29-21(27)30-17(14)32/h10-13,15,19,33H,7-9H2,1-6H3,(H,31,36)(H4,26,27,29,30)/t12-,13-,15-,19-,23+,41?/m1/s1. The number of rotatable bonds is 12. The van der Waals surface area contributed by atoms with Crippen molar-refractivity contribution in [3.05, 3.63) is 6.33 Å². The molecule has 2 aromatic heterocycles. The number of aliphatic hydroxyl groups is 1. The van der Waals surface area contributed by atoms with Gasteiger partial charge in [0.05, 0.1) is 25.6 Å². The van der Waals surface area contributed by atoms with Crippen molar-refractivity contribution in [1.82, 2.24) is 24.6 Å². The molecule has 42 heavy (non-hydrogen) atoms. The Morgan fingerprint density at radius 3 is 2.60 bits per heavy atom. The number of thioether (sulfide) groups is 1. The summed E-state index contributed by atoms with van der Waals surface area (Å²) in [6, 6.07) is -1.15. The van der Waals surface area contributed by atoms with E-state index >= 15 is 4.39 Å². The van der Waals surface area contributed by atoms with Crippen molar-refractivity contribution >= 4 is 65.1 Å². The lowest BCUT2D eigenvalue weighted by molar-refractivity contribution is -0.149. The average Bonchev–Trinajstić information content (AvgIpc) is 3.37. The van der Waals surface area contributed by atoms with E-state index in [9.17, 15) is 19.3 Å². The molecule has 19 heteroatoms. The number of aliphatic hydroxyl groups excluding tert-OH is 1. The molecule has 3 heterocycles. The molecule has 1 fully saturated rings. The minimum absolute atomic E-state index is 0.00286. The van der Waals surface area contributed by atoms with Crippen molar-refractivity contribution in [2.24, 2.45) is 5.41 Å². The highest BCUT2D eigenvalue weighted by atomic mass is 35.5. The first-order valence-electron chi connectivity index (χ1n) is 12.9. The lowest BCUT2D eigenvalue weighted by Crippen LogP contribution is -2.39. The topological polar surface area (TPSA) is 216 Å². The largest absolute Gasteiger partial charge is 0.462 e. The van der Waals surface area contributed by atoms with Gasteiger partial charge in [0.25, 0.3) is 5.13 Å². The van der Waals surface area contributed by atoms with E-state index in [0.29, 0.717) is 0 Å². The molecule has 0 aromatic carbocycles. The second kappa shape index (κ2) is 13.3. The number of imidazole rings is 1. The lowest BCUT2D eigenvalue weighted by Gasteiger charge is -2.25. The van der Waals surface area contributed by atoms with Crippen LogP contribution in [0, 0.1) is 5.41 Å². The van der Waals surface area contributed by atoms with Crippen molar-refractivity contribution in [1.29, 1.82) is 0 Å². The Hall–Kier alpha value is -2.11. The normalized spacial score (nSPS) is 25.0. The molecule has 0 spiro atoms. The maximum Gasteiger partial charge on any atom is 0.406 e. The number of nitrogens with one attached hydrogen (secondary N) is 1. The van der Waals surface area contributed by atoms with Crippen LogP contribution in [0.15, 0.2) is 6.33 Å². The molecule has 0 bridgehead atoms. The first-order chi connectivity index (χ1) is 19.4. The Balaban J connectivity index is 1.76. The number of alkyl halides is 2. The molecule has 1 aliphatic heterocycles. The number of hydrogen-bond acceptors (Lipinski definition) is 14. The minimum atomic E-state index is -4.33. The highest BCUT2D eigenvalue weighted by molar-refractivity contribution is 8.13. The van der Waals surface area contributed by atoms with Gasteiger partial charge in [0, 0.05) is 11.2 Å². The molecule has 0 aliphatic carbocycles. The number of hydrogen-bond donors (Lipinski definition) is 4. The Morgan fingerprint density at radius 1 is 1.31 bits per heavy atom. The smallest absolute Gasteiger partial charge is 0.406 e. The van der Waals surface area contributed by atoms with Crippen LogP contribution in [-0.2, 0) is 32.7 Å². The van der Waals surface area contributed by atoms with Gasteiger partial charge in [-0.05, 0) is 20.8 Å². The quantitative estimate of drug-likeness (QED) is 0.112. The second-order valence-electron chi connectivity index (χ2n) is 10.8. The summed E-state index contributed by atoms with van der Waals surface area (Å²) in [6.07, 6.45) is -4.46. The molecule has 0 radical (unpaired) electrons. The van der Waals surface area contributed by atoms with Crippen molar-refractivity contribution in [2.75, 3.05) is 30.4 Å². The summed E-state index contributed by atoms with van der Waals surface area (Å²) in [7, 11) is -4.33. The fraction of sp³-hybridized carbons (Fsp3) is 0.696. The van der Waals surface area contributed by atoms with E-state index in [1.807, 2.05) is 0 Å². The summed E-state index contributed by atoms with van der Waals surface area (Å²) in [5, 5.41) is 10.1. The third-order valence-corrected chi connectivity index (χ3v) is 9.12. The third-order valence-electron chi connectivity index (χ3n) is 5.75. The number of carbonyl (C=O) groups excluding carboxylic acids is 2. The molecule has 1 aliphatic rings. The van der Waals surface area contributed by atoms with Gasteiger partial charge in [-0.2, -0.15) is 9.97 Å². The molecule has 236 valence electrons. The number of anilines is 2. The number of ether oxygens (including phenoxy) is 2. The average molecular weight is 656 g/mol. The highest BCUT2D eigenvalue weighted by Gasteiger charge is 2.58. The van der Waals surface area contributed by atoms with E-state index in [1.54, 1.807) is 34.6 Å². The predicted octanol–water partition coefficient (Wildman–Crippen LogP) is 2.53. The van der Waals surface area contributed by atoms with Gasteiger partial charge in [0.1, 0.15) is 23.8 Å². The van der Waals surface area contributed by atoms with Crippen LogP contribution in [-0.4, -0.2) is 84.2 Å². The molecular formula is C23H36ClFN7O8PS. The maximum absolute atomic E-state index is 15.7. The van der Waals surface area contributed by atoms with E-state index in [1.165, 1.54) is 6.92 Å². The number of halogens is 2. The molecule has 2 aromatic rings. The number of nitrogens with zero attached hydrogens (tertiary/aromatic N) is 4. The van der Waals surface area contributed by atoms with E-state index in [-0.39, 0.29) is 40.4 Å². The van der Waals surface area contributed by atoms with E-state index < -0.39 is 61.4 Å². The zero-order chi connectivity index (χ0) is 31.6. The van der Waals surface area contributed by atoms with Crippen LogP contribution in [0.1, 0.15) is 47.8 Å². The molecule has 1 saturated heterocycles. The number of fused-ring (bicyclic) bond motifs is 1. The number of nitrogens with two attached hydrogens (primary N) is 2. The molecule has 1 unspecified atom stereocenters. The van der Waals surface area contributed by atoms with Crippen LogP contribution in [0.5, 0.6) is 0 Å². The fourth-order valence-electron chi connectivity index (χ4n) is 3.65. The zero-order valence-electron chi connectivity index (χ0n) is 23.9. The van der Waals surface area contributed by atoms with Gasteiger partial charge < -0.3 is 26.0 Å². The summed E-state index contributed by atoms with van der Waals surface area (Å²) >= 11 is 7.05. The zero-order valence-corrected chi connectivity index (χ0v) is 26.4. The molecule has 3 rings (SSSR count). The molecular weight excluding hydrogens is 620 g/mol. The van der Waals surface area contributed by atoms with Crippen LogP contribution < -0.4 is 16.6 Å². The van der Waals surface area contributed by atoms with E-state index in [0.717, 1.165) is 22.7 Å². The summed E-state index contributed by atoms with van der Waals surface area (Å²) in [5.41, 5.74) is 11.0. The van der Waals surface area contributed by atoms with Gasteiger partial charge in [-0.15, -0.1) is 0 Å². The van der Waals surface area contributed by atoms with Crippen molar-refractivity contribution in [2.45, 2.75) is 77.3 Å². The number of carbonyl (C=O) groups is 2. The van der Waals surface area contributed by atoms with Crippen LogP contribution in [0.2, 0.25) is 0 Å². The predicted molar refractivity (Wildman–Crippen MR) is 154 cm³/mol. The highest BCUT2D eigenvalue weighted by Crippen LogP contribution is 2.49. The van der Waals surface area contributed by atoms with Crippen LogP contribution in [0.4, 0.5) is 16.2 Å². The van der Waals surface area contributed by atoms with E-state index in [4.69, 9.17) is 41.6 Å². The molecule has 0 saturated carbocycles. The van der Waals surface area contributed by atoms with Crippen LogP contribution >= 0.6 is 31.1 Å². The van der Waals surface area contributed by atoms with E-state index in [2.05, 4.69) is 20.0 Å². The van der Waals surface area contributed by atoms with Crippen molar-refractivity contribution in [3.8, 4) is 0 Å². The summed E-state index contributed by atoms with van der Waals surface area (Å²) in [4.78, 5) is 36.4. The number of aromatic nitrogens is 4. The van der Waals surface area contributed by atoms with Crippen molar-refractivity contribution in [3.63, 3.8) is 0 Å². The second-order valence-corrected chi connectivity index (χ2v) is 14.2. The fourth-order valence-corrected chi connectivity index (χ4v) is 6.33. The molecule has 15 nitrogen and oxygen atoms in total. The molecule has 0 amide bonds. The molecule has 6 N–H and O–H groups in total. The summed E-state index contributed by atoms with van der Waals surface area (Å²) in [5.74, 6) is -0.887. The first-order valence-corrected chi connectivity index (χ1v) is 15.8. The molecule has 6 atom stereocenters. The Kier molecular flexibility index (Phi) is 10.9. The summed E-state index contributed by atoms with van der Waals surface area (Å²) < 4.78 is 52.2. The summed E-state index contributed by atoms with van der Waals surface area (Å²) in [6.45, 7) is 9.03. The number of esters is 1. The third kappa shape index (κ3) is 8.08. The van der Waals surface area contributed by atoms with Gasteiger partial charge in [0.15, 0.2) is 22.8 Å². The maximum atomic E-state index is 15.7. The SMILES string of the molecule is CC(C)OC(=O)[C@@H](C)NP(=O)(OCCSC(=O)C(C)(C)C)OC[C@H]1O[C@@H](n2cnc3c(N)nc(N)nc32)[C@](F)(Cl)[C@@H]1O. The number of nitrogen functional groups attached to an aromatic ring is 2. The van der Waals surface area contributed by atoms with Gasteiger partial charge in [-0.1, -0.05) is 44.1 Å². The van der Waals surface area contributed by atoms with Crippen LogP contribution in [0.3, 0.4) is 0 Å². The van der Waals surface area contributed by atoms with Gasteiger partial charge in [-0.25, -0.2) is 19.0 Å². The monoisotopic (exact) mass is 655 g/mol. The van der Waals surface area contributed by atoms with Gasteiger partial charge >= 0.3 is 13.7 Å². The lowest BCUT2D eigenvalue weighted by atomic mass is 10.00. The van der Waals surface area contributed by atoms with Crippen LogP contribution in [0.25, 0.3) is 11.2 Å².